The minimum absolute atomic E-state index is 0.0782. The van der Waals surface area contributed by atoms with Gasteiger partial charge in [0.1, 0.15) is 23.2 Å². The number of aliphatic hydroxyl groups excluding tert-OH is 1. The minimum atomic E-state index is -3.45. The zero-order valence-corrected chi connectivity index (χ0v) is 22.0. The summed E-state index contributed by atoms with van der Waals surface area (Å²) in [5.41, 5.74) is 1.50. The summed E-state index contributed by atoms with van der Waals surface area (Å²) in [6, 6.07) is 3.60. The fraction of sp³-hybridized carbons (Fsp3) is 0.522. The van der Waals surface area contributed by atoms with Gasteiger partial charge in [0.2, 0.25) is 10.0 Å². The van der Waals surface area contributed by atoms with Gasteiger partial charge in [-0.2, -0.15) is 0 Å². The molecule has 3 atom stereocenters. The van der Waals surface area contributed by atoms with E-state index in [1.165, 1.54) is 22.3 Å². The Labute approximate surface area is 210 Å². The molecule has 3 amide bonds. The van der Waals surface area contributed by atoms with Crippen LogP contribution in [0.1, 0.15) is 35.7 Å². The number of aromatic nitrogens is 1. The number of ether oxygens (including phenoxy) is 1. The van der Waals surface area contributed by atoms with E-state index >= 15 is 0 Å². The normalized spacial score (nSPS) is 19.2. The molecule has 13 heteroatoms. The van der Waals surface area contributed by atoms with Crippen molar-refractivity contribution >= 4 is 33.3 Å². The summed E-state index contributed by atoms with van der Waals surface area (Å²) in [6.07, 6.45) is 0.552. The first kappa shape index (κ1) is 27.4. The third kappa shape index (κ3) is 6.15. The number of rotatable bonds is 7. The number of urea groups is 1. The number of anilines is 2. The maximum absolute atomic E-state index is 13.5. The number of aryl methyl sites for hydroxylation is 2. The molecule has 0 bridgehead atoms. The smallest absolute Gasteiger partial charge is 0.323 e. The molecule has 198 valence electrons. The Morgan fingerprint density at radius 3 is 2.61 bits per heavy atom. The lowest BCUT2D eigenvalue weighted by Crippen LogP contribution is -2.50. The quantitative estimate of drug-likeness (QED) is 0.498. The van der Waals surface area contributed by atoms with E-state index in [0.29, 0.717) is 22.8 Å². The number of amides is 3. The van der Waals surface area contributed by atoms with Gasteiger partial charge in [-0.15, -0.1) is 0 Å². The first-order chi connectivity index (χ1) is 16.8. The van der Waals surface area contributed by atoms with E-state index < -0.39 is 28.2 Å². The summed E-state index contributed by atoms with van der Waals surface area (Å²) in [5, 5.41) is 18.9. The second kappa shape index (κ2) is 10.8. The van der Waals surface area contributed by atoms with Crippen LogP contribution in [0.4, 0.5) is 16.2 Å². The van der Waals surface area contributed by atoms with Gasteiger partial charge in [-0.1, -0.05) is 12.1 Å². The second-order valence-corrected chi connectivity index (χ2v) is 11.2. The number of fused-ring (bicyclic) bond motifs is 1. The van der Waals surface area contributed by atoms with Crippen LogP contribution in [0.2, 0.25) is 0 Å². The number of carbonyl (C=O) groups excluding carboxylic acids is 2. The molecule has 0 spiro atoms. The Kier molecular flexibility index (Phi) is 8.26. The molecule has 12 nitrogen and oxygen atoms in total. The van der Waals surface area contributed by atoms with Gasteiger partial charge < -0.3 is 29.9 Å². The van der Waals surface area contributed by atoms with Crippen molar-refractivity contribution in [2.24, 2.45) is 5.92 Å². The zero-order valence-electron chi connectivity index (χ0n) is 21.2. The van der Waals surface area contributed by atoms with Crippen LogP contribution in [0.25, 0.3) is 0 Å². The highest BCUT2D eigenvalue weighted by atomic mass is 32.2. The molecule has 36 heavy (non-hydrogen) atoms. The molecule has 3 unspecified atom stereocenters. The van der Waals surface area contributed by atoms with E-state index in [-0.39, 0.29) is 42.8 Å². The van der Waals surface area contributed by atoms with Crippen molar-refractivity contribution in [3.63, 3.8) is 0 Å². The van der Waals surface area contributed by atoms with E-state index in [0.717, 1.165) is 6.26 Å². The van der Waals surface area contributed by atoms with Gasteiger partial charge >= 0.3 is 6.03 Å². The molecule has 0 saturated carbocycles. The fourth-order valence-corrected chi connectivity index (χ4v) is 4.26. The van der Waals surface area contributed by atoms with Crippen molar-refractivity contribution in [3.05, 3.63) is 35.2 Å². The van der Waals surface area contributed by atoms with E-state index in [1.807, 2.05) is 6.92 Å². The largest absolute Gasteiger partial charge is 0.488 e. The van der Waals surface area contributed by atoms with Gasteiger partial charge in [0.05, 0.1) is 31.0 Å². The van der Waals surface area contributed by atoms with Crippen molar-refractivity contribution in [2.45, 2.75) is 39.8 Å². The molecule has 0 saturated heterocycles. The first-order valence-electron chi connectivity index (χ1n) is 11.5. The van der Waals surface area contributed by atoms with E-state index in [2.05, 4.69) is 15.8 Å². The summed E-state index contributed by atoms with van der Waals surface area (Å²) in [6.45, 7) is 7.03. The van der Waals surface area contributed by atoms with E-state index in [1.54, 1.807) is 32.9 Å². The molecule has 1 aromatic heterocycles. The molecule has 1 aliphatic heterocycles. The topological polar surface area (TPSA) is 154 Å². The Balaban J connectivity index is 1.92. The predicted molar refractivity (Wildman–Crippen MR) is 134 cm³/mol. The van der Waals surface area contributed by atoms with Crippen molar-refractivity contribution in [3.8, 4) is 5.75 Å². The summed E-state index contributed by atoms with van der Waals surface area (Å²) < 4.78 is 36.4. The van der Waals surface area contributed by atoms with E-state index in [4.69, 9.17) is 9.26 Å². The SMILES string of the molecule is Cc1noc(C)c1NC(=O)Nc1ccc2c(c1)C(=O)N(C(C)CO)CC(C)C(CN(C)S(C)(=O)=O)O2. The number of sulfonamides is 1. The van der Waals surface area contributed by atoms with Gasteiger partial charge in [0.25, 0.3) is 5.91 Å². The summed E-state index contributed by atoms with van der Waals surface area (Å²) in [4.78, 5) is 27.6. The highest BCUT2D eigenvalue weighted by Gasteiger charge is 2.34. The van der Waals surface area contributed by atoms with E-state index in [9.17, 15) is 23.1 Å². The van der Waals surface area contributed by atoms with Crippen molar-refractivity contribution < 1.29 is 32.4 Å². The molecule has 0 fully saturated rings. The summed E-state index contributed by atoms with van der Waals surface area (Å²) in [5.74, 6) is 0.101. The number of nitrogens with zero attached hydrogens (tertiary/aromatic N) is 3. The standard InChI is InChI=1S/C23H33N5O7S/c1-13-10-28(14(2)12-29)22(30)18-9-17(24-23(31)25-21-15(3)26-35-16(21)4)7-8-19(18)34-20(13)11-27(5)36(6,32)33/h7-9,13-14,20,29H,10-12H2,1-6H3,(H2,24,25,31). The van der Waals surface area contributed by atoms with Gasteiger partial charge in [-0.3, -0.25) is 4.79 Å². The highest BCUT2D eigenvalue weighted by Crippen LogP contribution is 2.31. The van der Waals surface area contributed by atoms with Crippen LogP contribution in [0.5, 0.6) is 5.75 Å². The van der Waals surface area contributed by atoms with Crippen LogP contribution in [0.3, 0.4) is 0 Å². The maximum atomic E-state index is 13.5. The third-order valence-electron chi connectivity index (χ3n) is 6.20. The van der Waals surface area contributed by atoms with Gasteiger partial charge in [-0.05, 0) is 39.0 Å². The number of nitrogens with one attached hydrogen (secondary N) is 2. The van der Waals surface area contributed by atoms with Crippen LogP contribution in [0.15, 0.2) is 22.7 Å². The Bertz CT molecular complexity index is 1210. The van der Waals surface area contributed by atoms with Crippen molar-refractivity contribution in [1.29, 1.82) is 0 Å². The molecular formula is C23H33N5O7S. The van der Waals surface area contributed by atoms with Crippen LogP contribution < -0.4 is 15.4 Å². The number of aliphatic hydroxyl groups is 1. The lowest BCUT2D eigenvalue weighted by molar-refractivity contribution is 0.0387. The van der Waals surface area contributed by atoms with Crippen LogP contribution in [0, 0.1) is 19.8 Å². The number of hydrogen-bond acceptors (Lipinski definition) is 8. The second-order valence-electron chi connectivity index (χ2n) is 9.16. The number of benzene rings is 1. The maximum Gasteiger partial charge on any atom is 0.323 e. The molecule has 1 aliphatic rings. The molecule has 1 aromatic carbocycles. The molecular weight excluding hydrogens is 490 g/mol. The molecule has 2 aromatic rings. The highest BCUT2D eigenvalue weighted by molar-refractivity contribution is 7.88. The minimum Gasteiger partial charge on any atom is -0.488 e. The average Bonchev–Trinajstić information content (AvgIpc) is 3.12. The molecule has 0 radical (unpaired) electrons. The van der Waals surface area contributed by atoms with Crippen LogP contribution >= 0.6 is 0 Å². The average molecular weight is 524 g/mol. The van der Waals surface area contributed by atoms with Crippen LogP contribution in [-0.2, 0) is 10.0 Å². The number of carbonyl (C=O) groups is 2. The monoisotopic (exact) mass is 523 g/mol. The van der Waals surface area contributed by atoms with Crippen LogP contribution in [-0.4, -0.2) is 85.0 Å². The molecule has 2 heterocycles. The molecule has 0 aliphatic carbocycles. The Morgan fingerprint density at radius 2 is 2.03 bits per heavy atom. The lowest BCUT2D eigenvalue weighted by Gasteiger charge is -2.38. The van der Waals surface area contributed by atoms with Gasteiger partial charge in [0, 0.05) is 25.2 Å². The lowest BCUT2D eigenvalue weighted by atomic mass is 9.99. The zero-order chi connectivity index (χ0) is 26.8. The van der Waals surface area contributed by atoms with Crippen molar-refractivity contribution in [1.82, 2.24) is 14.4 Å². The Hall–Kier alpha value is -3.16. The number of likely N-dealkylation sites (N-methyl/N-ethyl adjacent to an activating group) is 1. The first-order valence-corrected chi connectivity index (χ1v) is 13.3. The Morgan fingerprint density at radius 1 is 1.33 bits per heavy atom. The number of hydrogen-bond donors (Lipinski definition) is 3. The fourth-order valence-electron chi connectivity index (χ4n) is 3.84. The van der Waals surface area contributed by atoms with Gasteiger partial charge in [-0.25, -0.2) is 17.5 Å². The van der Waals surface area contributed by atoms with Crippen molar-refractivity contribution in [2.75, 3.05) is 43.6 Å². The predicted octanol–water partition coefficient (Wildman–Crippen LogP) is 2.05. The molecule has 3 N–H and O–H groups in total. The summed E-state index contributed by atoms with van der Waals surface area (Å²) in [7, 11) is -1.98. The third-order valence-corrected chi connectivity index (χ3v) is 7.48. The summed E-state index contributed by atoms with van der Waals surface area (Å²) >= 11 is 0. The molecule has 3 rings (SSSR count). The van der Waals surface area contributed by atoms with Gasteiger partial charge in [0.15, 0.2) is 5.76 Å².